The molecule has 0 aromatic heterocycles. The first-order valence-corrected chi connectivity index (χ1v) is 14.9. The van der Waals surface area contributed by atoms with Crippen molar-refractivity contribution < 1.29 is 33.3 Å². The fraction of sp³-hybridized carbons (Fsp3) is 0.522. The second-order valence-corrected chi connectivity index (χ2v) is 14.5. The second-order valence-electron chi connectivity index (χ2n) is 8.46. The summed E-state index contributed by atoms with van der Waals surface area (Å²) >= 11 is 9.28. The Morgan fingerprint density at radius 1 is 0.886 bits per heavy atom. The highest BCUT2D eigenvalue weighted by molar-refractivity contribution is 9.17. The number of nitrogens with zero attached hydrogens (tertiary/aromatic N) is 1. The normalized spacial score (nSPS) is 14.6. The van der Waals surface area contributed by atoms with Crippen molar-refractivity contribution in [3.05, 3.63) is 36.4 Å². The van der Waals surface area contributed by atoms with Crippen molar-refractivity contribution >= 4 is 55.1 Å². The van der Waals surface area contributed by atoms with Crippen molar-refractivity contribution in [2.45, 2.75) is 37.7 Å². The molecule has 0 aliphatic carbocycles. The van der Waals surface area contributed by atoms with Crippen LogP contribution in [0.3, 0.4) is 0 Å². The van der Waals surface area contributed by atoms with Crippen molar-refractivity contribution in [1.82, 2.24) is 4.72 Å². The van der Waals surface area contributed by atoms with Gasteiger partial charge in [-0.3, -0.25) is 19.1 Å². The van der Waals surface area contributed by atoms with E-state index in [-0.39, 0.29) is 24.2 Å². The van der Waals surface area contributed by atoms with Crippen LogP contribution < -0.4 is 9.62 Å². The Hall–Kier alpha value is -1.54. The molecule has 0 saturated heterocycles. The van der Waals surface area contributed by atoms with E-state index in [1.165, 1.54) is 12.2 Å². The molecule has 0 unspecified atom stereocenters. The largest absolute Gasteiger partial charge is 0.460 e. The van der Waals surface area contributed by atoms with Gasteiger partial charge in [0.05, 0.1) is 51.7 Å². The van der Waals surface area contributed by atoms with Gasteiger partial charge in [0.25, 0.3) is 11.8 Å². The summed E-state index contributed by atoms with van der Waals surface area (Å²) in [6.45, 7) is 8.43. The van der Waals surface area contributed by atoms with Crippen LogP contribution >= 0.6 is 31.6 Å². The molecule has 0 atom stereocenters. The number of ether oxygens (including phenoxy) is 4. The fourth-order valence-corrected chi connectivity index (χ4v) is 5.20. The number of benzene rings is 1. The van der Waals surface area contributed by atoms with Gasteiger partial charge in [0.15, 0.2) is 0 Å². The average molecular weight is 547 g/mol. The second kappa shape index (κ2) is 14.3. The number of carbonyl (C=O) groups is 3. The molecule has 9 nitrogen and oxygen atoms in total. The summed E-state index contributed by atoms with van der Waals surface area (Å²) in [5, 5.41) is 0. The van der Waals surface area contributed by atoms with Crippen molar-refractivity contribution in [2.24, 2.45) is 0 Å². The fourth-order valence-electron chi connectivity index (χ4n) is 2.87. The lowest BCUT2D eigenvalue weighted by Gasteiger charge is -2.30. The Bertz CT molecular complexity index is 868. The predicted octanol–water partition coefficient (Wildman–Crippen LogP) is 3.26. The highest BCUT2D eigenvalue weighted by Crippen LogP contribution is 2.60. The minimum absolute atomic E-state index is 0.215. The lowest BCUT2D eigenvalue weighted by atomic mass is 10.2. The maximum Gasteiger partial charge on any atom is 0.308 e. The average Bonchev–Trinajstić information content (AvgIpc) is 3.11. The summed E-state index contributed by atoms with van der Waals surface area (Å²) < 4.78 is 24.8. The van der Waals surface area contributed by atoms with Crippen LogP contribution in [0.25, 0.3) is 0 Å². The van der Waals surface area contributed by atoms with E-state index in [0.29, 0.717) is 51.9 Å². The highest BCUT2D eigenvalue weighted by atomic mass is 33.5. The van der Waals surface area contributed by atoms with E-state index in [1.807, 2.05) is 20.8 Å². The molecule has 0 saturated carbocycles. The van der Waals surface area contributed by atoms with E-state index in [1.54, 1.807) is 24.3 Å². The zero-order valence-corrected chi connectivity index (χ0v) is 22.8. The van der Waals surface area contributed by atoms with Gasteiger partial charge in [-0.25, -0.2) is 4.90 Å². The van der Waals surface area contributed by atoms with Gasteiger partial charge in [-0.15, -0.1) is 23.3 Å². The zero-order chi connectivity index (χ0) is 25.9. The molecule has 1 heterocycles. The summed E-state index contributed by atoms with van der Waals surface area (Å²) in [7, 11) is -1.88. The number of imide groups is 1. The van der Waals surface area contributed by atoms with E-state index < -0.39 is 13.9 Å². The molecule has 2 rings (SSSR count). The number of nitrogens with one attached hydrogen (secondary N) is 1. The Labute approximate surface area is 217 Å². The summed E-state index contributed by atoms with van der Waals surface area (Å²) in [4.78, 5) is 37.1. The van der Waals surface area contributed by atoms with Crippen LogP contribution in [0.15, 0.2) is 41.3 Å². The Kier molecular flexibility index (Phi) is 12.1. The van der Waals surface area contributed by atoms with Crippen molar-refractivity contribution in [2.75, 3.05) is 51.1 Å². The summed E-state index contributed by atoms with van der Waals surface area (Å²) in [5.74, 6) is -0.996. The quantitative estimate of drug-likeness (QED) is 0.101. The molecule has 0 radical (unpaired) electrons. The van der Waals surface area contributed by atoms with Crippen molar-refractivity contribution in [3.63, 3.8) is 0 Å². The number of esters is 1. The molecule has 1 aromatic rings. The molecule has 0 fully saturated rings. The van der Waals surface area contributed by atoms with Gasteiger partial charge in [-0.1, -0.05) is 8.28 Å². The van der Waals surface area contributed by atoms with Gasteiger partial charge in [0, 0.05) is 23.6 Å². The molecule has 1 aliphatic rings. The maximum absolute atomic E-state index is 11.8. The number of amides is 2. The smallest absolute Gasteiger partial charge is 0.308 e. The number of anilines is 1. The number of hydrogen-bond acceptors (Lipinski definition) is 10. The van der Waals surface area contributed by atoms with Gasteiger partial charge in [0.1, 0.15) is 5.60 Å². The Balaban J connectivity index is 1.52. The van der Waals surface area contributed by atoms with Crippen LogP contribution in [0, 0.1) is 0 Å². The van der Waals surface area contributed by atoms with Crippen LogP contribution in [0.1, 0.15) is 27.2 Å². The minimum atomic E-state index is -1.88. The van der Waals surface area contributed by atoms with Crippen LogP contribution in [0.4, 0.5) is 5.69 Å². The molecular formula is C23H34N2O7S3. The lowest BCUT2D eigenvalue weighted by molar-refractivity contribution is -0.156. The van der Waals surface area contributed by atoms with E-state index in [0.717, 1.165) is 9.80 Å². The first-order chi connectivity index (χ1) is 16.5. The first kappa shape index (κ1) is 29.7. The minimum Gasteiger partial charge on any atom is -0.460 e. The summed E-state index contributed by atoms with van der Waals surface area (Å²) in [6, 6.07) is 6.98. The third-order valence-electron chi connectivity index (χ3n) is 4.40. The molecule has 12 heteroatoms. The maximum atomic E-state index is 11.8. The molecule has 1 aliphatic heterocycles. The van der Waals surface area contributed by atoms with Gasteiger partial charge >= 0.3 is 5.97 Å². The molecule has 0 bridgehead atoms. The zero-order valence-electron chi connectivity index (χ0n) is 20.2. The number of thiol groups is 2. The lowest BCUT2D eigenvalue weighted by Crippen LogP contribution is -2.29. The topological polar surface area (TPSA) is 103 Å². The number of hydrogen-bond donors (Lipinski definition) is 3. The third kappa shape index (κ3) is 10.9. The third-order valence-corrected chi connectivity index (χ3v) is 7.97. The predicted molar refractivity (Wildman–Crippen MR) is 143 cm³/mol. The molecule has 35 heavy (non-hydrogen) atoms. The highest BCUT2D eigenvalue weighted by Gasteiger charge is 2.25. The summed E-state index contributed by atoms with van der Waals surface area (Å²) in [6.07, 6.45) is 2.71. The van der Waals surface area contributed by atoms with E-state index in [4.69, 9.17) is 18.9 Å². The van der Waals surface area contributed by atoms with Gasteiger partial charge in [0.2, 0.25) is 0 Å². The Morgan fingerprint density at radius 2 is 1.40 bits per heavy atom. The molecule has 1 aromatic carbocycles. The van der Waals surface area contributed by atoms with Gasteiger partial charge in [-0.2, -0.15) is 0 Å². The van der Waals surface area contributed by atoms with Crippen molar-refractivity contribution in [1.29, 1.82) is 0 Å². The van der Waals surface area contributed by atoms with Gasteiger partial charge in [-0.05, 0) is 45.0 Å². The standard InChI is InChI=1S/C23H34N2O7S3/c1-23(2,3)32-22(28)10-12-29-14-16-31-17-15-30-13-11-24-35(33,34)19-6-4-18(5-7-19)25-20(26)8-9-21(25)27/h4-9,24,33-34H,10-17H2,1-3H3. The Morgan fingerprint density at radius 3 is 1.94 bits per heavy atom. The molecule has 0 spiro atoms. The number of carbonyl (C=O) groups excluding carboxylic acids is 3. The SMILES string of the molecule is CC(C)(C)OC(=O)CCOCCOCCOCCNS(S)(S)c1ccc(N2C(=O)C=CC2=O)cc1. The molecule has 1 N–H and O–H groups in total. The van der Waals surface area contributed by atoms with Crippen LogP contribution in [-0.2, 0) is 33.3 Å². The molecule has 2 amide bonds. The van der Waals surface area contributed by atoms with E-state index in [2.05, 4.69) is 28.0 Å². The van der Waals surface area contributed by atoms with Crippen LogP contribution in [0.5, 0.6) is 0 Å². The van der Waals surface area contributed by atoms with E-state index >= 15 is 0 Å². The number of rotatable bonds is 15. The first-order valence-electron chi connectivity index (χ1n) is 11.1. The summed E-state index contributed by atoms with van der Waals surface area (Å²) in [5.41, 5.74) is 0.0165. The van der Waals surface area contributed by atoms with Crippen LogP contribution in [0.2, 0.25) is 0 Å². The van der Waals surface area contributed by atoms with E-state index in [9.17, 15) is 14.4 Å². The molecular weight excluding hydrogens is 512 g/mol. The van der Waals surface area contributed by atoms with Gasteiger partial charge < -0.3 is 18.9 Å². The van der Waals surface area contributed by atoms with Crippen molar-refractivity contribution in [3.8, 4) is 0 Å². The molecule has 196 valence electrons. The monoisotopic (exact) mass is 546 g/mol. The van der Waals surface area contributed by atoms with Crippen LogP contribution in [-0.4, -0.2) is 69.6 Å².